The number of allylic oxidation sites excluding steroid dienone is 1. The van der Waals surface area contributed by atoms with Crippen molar-refractivity contribution in [1.29, 1.82) is 10.5 Å². The molecule has 0 atom stereocenters. The molecule has 0 saturated heterocycles. The monoisotopic (exact) mass is 220 g/mol. The minimum absolute atomic E-state index is 0.0785. The molecule has 1 rings (SSSR count). The average molecular weight is 221 g/mol. The van der Waals surface area contributed by atoms with Crippen molar-refractivity contribution in [2.24, 2.45) is 0 Å². The highest BCUT2D eigenvalue weighted by Gasteiger charge is 2.08. The second-order valence-electron chi connectivity index (χ2n) is 2.87. The minimum Gasteiger partial charge on any atom is -0.206 e. The van der Waals surface area contributed by atoms with Gasteiger partial charge in [-0.25, -0.2) is 4.39 Å². The third kappa shape index (κ3) is 2.34. The molecule has 74 valence electrons. The van der Waals surface area contributed by atoms with Crippen LogP contribution in [0.1, 0.15) is 11.1 Å². The van der Waals surface area contributed by atoms with Gasteiger partial charge in [-0.05, 0) is 24.6 Å². The lowest BCUT2D eigenvalue weighted by Gasteiger charge is -2.03. The SMILES string of the molecule is Cc1ccc(F)c(C=C(C#N)C#N)c1Cl. The molecule has 1 aromatic carbocycles. The molecule has 0 aliphatic heterocycles. The first-order valence-corrected chi connectivity index (χ1v) is 4.44. The summed E-state index contributed by atoms with van der Waals surface area (Å²) in [6.45, 7) is 1.72. The number of rotatable bonds is 1. The number of hydrogen-bond donors (Lipinski definition) is 0. The van der Waals surface area contributed by atoms with Crippen molar-refractivity contribution >= 4 is 17.7 Å². The van der Waals surface area contributed by atoms with E-state index in [1.807, 2.05) is 0 Å². The van der Waals surface area contributed by atoms with Gasteiger partial charge in [-0.3, -0.25) is 0 Å². The Labute approximate surface area is 91.8 Å². The fourth-order valence-electron chi connectivity index (χ4n) is 1.04. The Morgan fingerprint density at radius 1 is 1.40 bits per heavy atom. The van der Waals surface area contributed by atoms with Crippen LogP contribution in [0.3, 0.4) is 0 Å². The molecule has 1 aromatic rings. The Morgan fingerprint density at radius 3 is 2.53 bits per heavy atom. The molecule has 0 aliphatic rings. The summed E-state index contributed by atoms with van der Waals surface area (Å²) in [5.41, 5.74) is 0.593. The summed E-state index contributed by atoms with van der Waals surface area (Å²) in [5.74, 6) is -0.548. The van der Waals surface area contributed by atoms with E-state index in [1.165, 1.54) is 12.1 Å². The first-order chi connectivity index (χ1) is 7.10. The number of hydrogen-bond acceptors (Lipinski definition) is 2. The molecule has 0 radical (unpaired) electrons. The summed E-state index contributed by atoms with van der Waals surface area (Å²) >= 11 is 5.85. The quantitative estimate of drug-likeness (QED) is 0.683. The average Bonchev–Trinajstić information content (AvgIpc) is 2.24. The van der Waals surface area contributed by atoms with Crippen LogP contribution in [-0.4, -0.2) is 0 Å². The van der Waals surface area contributed by atoms with Crippen LogP contribution >= 0.6 is 11.6 Å². The van der Waals surface area contributed by atoms with Gasteiger partial charge in [0.25, 0.3) is 0 Å². The standard InChI is InChI=1S/C11H6ClFN2/c1-7-2-3-10(13)9(11(7)12)4-8(5-14)6-15/h2-4H,1H3. The van der Waals surface area contributed by atoms with Crippen molar-refractivity contribution < 1.29 is 4.39 Å². The zero-order valence-electron chi connectivity index (χ0n) is 7.88. The van der Waals surface area contributed by atoms with Gasteiger partial charge in [0.05, 0.1) is 5.02 Å². The largest absolute Gasteiger partial charge is 0.206 e. The summed E-state index contributed by atoms with van der Waals surface area (Å²) in [4.78, 5) is 0. The zero-order valence-corrected chi connectivity index (χ0v) is 8.64. The predicted molar refractivity (Wildman–Crippen MR) is 55.4 cm³/mol. The molecule has 0 spiro atoms. The molecule has 0 unspecified atom stereocenters. The molecule has 0 aromatic heterocycles. The third-order valence-electron chi connectivity index (χ3n) is 1.85. The summed E-state index contributed by atoms with van der Waals surface area (Å²) in [5, 5.41) is 17.3. The van der Waals surface area contributed by atoms with Gasteiger partial charge in [0.15, 0.2) is 0 Å². The van der Waals surface area contributed by atoms with E-state index in [1.54, 1.807) is 19.1 Å². The van der Waals surface area contributed by atoms with Crippen molar-refractivity contribution in [1.82, 2.24) is 0 Å². The Bertz CT molecular complexity index is 491. The fourth-order valence-corrected chi connectivity index (χ4v) is 1.25. The van der Waals surface area contributed by atoms with Crippen LogP contribution < -0.4 is 0 Å². The molecule has 15 heavy (non-hydrogen) atoms. The van der Waals surface area contributed by atoms with E-state index in [9.17, 15) is 4.39 Å². The van der Waals surface area contributed by atoms with E-state index in [-0.39, 0.29) is 16.2 Å². The number of benzene rings is 1. The maximum Gasteiger partial charge on any atom is 0.132 e. The first-order valence-electron chi connectivity index (χ1n) is 4.06. The summed E-state index contributed by atoms with van der Waals surface area (Å²) in [6.07, 6.45) is 1.14. The lowest BCUT2D eigenvalue weighted by Crippen LogP contribution is -1.88. The van der Waals surface area contributed by atoms with Crippen LogP contribution in [-0.2, 0) is 0 Å². The Hall–Kier alpha value is -1.84. The lowest BCUT2D eigenvalue weighted by molar-refractivity contribution is 0.624. The van der Waals surface area contributed by atoms with Crippen LogP contribution in [0.25, 0.3) is 6.08 Å². The topological polar surface area (TPSA) is 47.6 Å². The minimum atomic E-state index is -0.548. The molecule has 0 heterocycles. The molecule has 0 N–H and O–H groups in total. The van der Waals surface area contributed by atoms with Gasteiger partial charge in [0.1, 0.15) is 23.5 Å². The number of nitrogens with zero attached hydrogens (tertiary/aromatic N) is 2. The van der Waals surface area contributed by atoms with Gasteiger partial charge < -0.3 is 0 Å². The highest BCUT2D eigenvalue weighted by molar-refractivity contribution is 6.32. The molecular weight excluding hydrogens is 215 g/mol. The van der Waals surface area contributed by atoms with Crippen LogP contribution in [0.2, 0.25) is 5.02 Å². The molecule has 0 saturated carbocycles. The summed E-state index contributed by atoms with van der Waals surface area (Å²) in [7, 11) is 0. The molecule has 0 aliphatic carbocycles. The Kier molecular flexibility index (Phi) is 3.44. The van der Waals surface area contributed by atoms with Gasteiger partial charge in [0, 0.05) is 5.56 Å². The van der Waals surface area contributed by atoms with Crippen molar-refractivity contribution in [3.63, 3.8) is 0 Å². The normalized spacial score (nSPS) is 8.87. The molecular formula is C11H6ClFN2. The van der Waals surface area contributed by atoms with Crippen molar-refractivity contribution in [3.05, 3.63) is 39.7 Å². The summed E-state index contributed by atoms with van der Waals surface area (Å²) in [6, 6.07) is 6.08. The predicted octanol–water partition coefficient (Wildman–Crippen LogP) is 3.22. The van der Waals surface area contributed by atoms with E-state index in [0.717, 1.165) is 6.08 Å². The second-order valence-corrected chi connectivity index (χ2v) is 3.25. The molecule has 0 fully saturated rings. The molecule has 2 nitrogen and oxygen atoms in total. The van der Waals surface area contributed by atoms with E-state index in [4.69, 9.17) is 22.1 Å². The first kappa shape index (κ1) is 11.2. The van der Waals surface area contributed by atoms with E-state index in [0.29, 0.717) is 5.56 Å². The van der Waals surface area contributed by atoms with Crippen molar-refractivity contribution in [2.75, 3.05) is 0 Å². The van der Waals surface area contributed by atoms with E-state index in [2.05, 4.69) is 0 Å². The second kappa shape index (κ2) is 4.59. The number of nitriles is 2. The fraction of sp³-hybridized carbons (Fsp3) is 0.0909. The Morgan fingerprint density at radius 2 is 2.00 bits per heavy atom. The van der Waals surface area contributed by atoms with Gasteiger partial charge >= 0.3 is 0 Å². The lowest BCUT2D eigenvalue weighted by atomic mass is 10.1. The molecule has 4 heteroatoms. The van der Waals surface area contributed by atoms with Gasteiger partial charge in [-0.15, -0.1) is 0 Å². The van der Waals surface area contributed by atoms with Crippen molar-refractivity contribution in [2.45, 2.75) is 6.92 Å². The Balaban J connectivity index is 3.40. The number of halogens is 2. The zero-order chi connectivity index (χ0) is 11.4. The molecule has 0 bridgehead atoms. The van der Waals surface area contributed by atoms with Gasteiger partial charge in [-0.1, -0.05) is 17.7 Å². The summed E-state index contributed by atoms with van der Waals surface area (Å²) < 4.78 is 13.3. The smallest absolute Gasteiger partial charge is 0.132 e. The maximum absolute atomic E-state index is 13.3. The molecule has 0 amide bonds. The van der Waals surface area contributed by atoms with Crippen LogP contribution in [0.15, 0.2) is 17.7 Å². The van der Waals surface area contributed by atoms with Gasteiger partial charge in [0.2, 0.25) is 0 Å². The van der Waals surface area contributed by atoms with E-state index >= 15 is 0 Å². The highest BCUT2D eigenvalue weighted by atomic mass is 35.5. The van der Waals surface area contributed by atoms with Crippen molar-refractivity contribution in [3.8, 4) is 12.1 Å². The van der Waals surface area contributed by atoms with E-state index < -0.39 is 5.82 Å². The third-order valence-corrected chi connectivity index (χ3v) is 2.35. The van der Waals surface area contributed by atoms with Crippen LogP contribution in [0, 0.1) is 35.4 Å². The highest BCUT2D eigenvalue weighted by Crippen LogP contribution is 2.25. The van der Waals surface area contributed by atoms with Crippen LogP contribution in [0.5, 0.6) is 0 Å². The van der Waals surface area contributed by atoms with Crippen LogP contribution in [0.4, 0.5) is 4.39 Å². The van der Waals surface area contributed by atoms with Gasteiger partial charge in [-0.2, -0.15) is 10.5 Å². The maximum atomic E-state index is 13.3. The number of aryl methyl sites for hydroxylation is 1.